The minimum Gasteiger partial charge on any atom is -0.456 e. The van der Waals surface area contributed by atoms with Crippen molar-refractivity contribution in [2.75, 3.05) is 0 Å². The van der Waals surface area contributed by atoms with Crippen LogP contribution in [0.15, 0.2) is 174 Å². The van der Waals surface area contributed by atoms with Crippen LogP contribution in [0.4, 0.5) is 0 Å². The summed E-state index contributed by atoms with van der Waals surface area (Å²) in [4.78, 5) is 0. The van der Waals surface area contributed by atoms with Gasteiger partial charge in [-0.05, 0) is 90.3 Å². The van der Waals surface area contributed by atoms with Gasteiger partial charge in [0.15, 0.2) is 0 Å². The van der Waals surface area contributed by atoms with Gasteiger partial charge in [-0.15, -0.1) is 0 Å². The zero-order valence-electron chi connectivity index (χ0n) is 28.3. The molecule has 9 rings (SSSR count). The zero-order valence-corrected chi connectivity index (χ0v) is 24.3. The fourth-order valence-corrected chi connectivity index (χ4v) is 6.64. The molecule has 0 radical (unpaired) electrons. The Hall–Kier alpha value is -5.92. The molecular formula is C44H28O. The van der Waals surface area contributed by atoms with Gasteiger partial charge in [0.05, 0.1) is 5.48 Å². The number of furan rings is 1. The summed E-state index contributed by atoms with van der Waals surface area (Å²) in [5, 5.41) is 5.76. The van der Waals surface area contributed by atoms with Gasteiger partial charge in [-0.3, -0.25) is 0 Å². The Labute approximate surface area is 267 Å². The highest BCUT2D eigenvalue weighted by molar-refractivity contribution is 6.22. The lowest BCUT2D eigenvalue weighted by Gasteiger charge is -2.18. The van der Waals surface area contributed by atoms with E-state index in [-0.39, 0.29) is 24.2 Å². The van der Waals surface area contributed by atoms with Gasteiger partial charge in [0.1, 0.15) is 11.2 Å². The minimum absolute atomic E-state index is 0.0507. The lowest BCUT2D eigenvalue weighted by molar-refractivity contribution is 0.669. The van der Waals surface area contributed by atoms with Crippen molar-refractivity contribution in [3.05, 3.63) is 170 Å². The molecule has 1 heterocycles. The minimum atomic E-state index is -0.0542. The van der Waals surface area contributed by atoms with E-state index >= 15 is 0 Å². The highest BCUT2D eigenvalue weighted by Crippen LogP contribution is 2.45. The molecule has 0 spiro atoms. The molecule has 9 aromatic rings. The molecule has 45 heavy (non-hydrogen) atoms. The third kappa shape index (κ3) is 4.24. The second kappa shape index (κ2) is 10.4. The molecule has 0 amide bonds. The zero-order chi connectivity index (χ0) is 33.2. The van der Waals surface area contributed by atoms with E-state index in [1.54, 1.807) is 0 Å². The van der Waals surface area contributed by atoms with Crippen molar-refractivity contribution in [1.82, 2.24) is 0 Å². The monoisotopic (exact) mass is 576 g/mol. The predicted molar refractivity (Wildman–Crippen MR) is 190 cm³/mol. The van der Waals surface area contributed by atoms with Crippen molar-refractivity contribution in [2.24, 2.45) is 0 Å². The molecule has 0 unspecified atom stereocenters. The molecule has 0 atom stereocenters. The SMILES string of the molecule is [2H]c1c([2H])c(-c2c3ccccc3c(-c3ccc4c(c3)oc3cc(-c5ccccc5)ccc34)c3ccccc23)c([2H])c([2H])c1-c1ccccc1. The third-order valence-electron chi connectivity index (χ3n) is 8.74. The van der Waals surface area contributed by atoms with E-state index in [4.69, 9.17) is 7.16 Å². The number of hydrogen-bond donors (Lipinski definition) is 0. The Balaban J connectivity index is 1.29. The standard InChI is InChI=1S/C44H28O/c1-3-11-29(12-4-1)31-19-21-32(22-20-31)43-37-15-7-9-17-39(37)44(40-18-10-8-16-38(40)43)34-24-26-36-35-25-23-33(30-13-5-2-6-14-30)27-41(35)45-42(36)28-34/h1-28H/i19D,20D,21D,22D. The van der Waals surface area contributed by atoms with Crippen molar-refractivity contribution >= 4 is 43.5 Å². The van der Waals surface area contributed by atoms with Crippen LogP contribution in [0, 0.1) is 0 Å². The maximum absolute atomic E-state index is 9.24. The van der Waals surface area contributed by atoms with Gasteiger partial charge in [0.2, 0.25) is 0 Å². The quantitative estimate of drug-likeness (QED) is 0.190. The lowest BCUT2D eigenvalue weighted by atomic mass is 9.85. The van der Waals surface area contributed by atoms with E-state index in [0.717, 1.165) is 65.7 Å². The van der Waals surface area contributed by atoms with Gasteiger partial charge in [-0.2, -0.15) is 0 Å². The molecule has 0 fully saturated rings. The van der Waals surface area contributed by atoms with Crippen molar-refractivity contribution in [1.29, 1.82) is 0 Å². The van der Waals surface area contributed by atoms with Crippen LogP contribution in [0.25, 0.3) is 88.0 Å². The molecule has 0 aliphatic rings. The second-order valence-corrected chi connectivity index (χ2v) is 11.3. The van der Waals surface area contributed by atoms with Crippen LogP contribution >= 0.6 is 0 Å². The maximum atomic E-state index is 9.24. The molecule has 0 aliphatic heterocycles. The average molecular weight is 577 g/mol. The van der Waals surface area contributed by atoms with E-state index in [2.05, 4.69) is 60.7 Å². The molecule has 0 saturated heterocycles. The Bertz CT molecular complexity index is 2660. The molecule has 1 aromatic heterocycles. The van der Waals surface area contributed by atoms with Crippen LogP contribution in [0.1, 0.15) is 5.48 Å². The van der Waals surface area contributed by atoms with E-state index in [1.807, 2.05) is 84.9 Å². The molecule has 1 heteroatoms. The van der Waals surface area contributed by atoms with Crippen LogP contribution in [0.2, 0.25) is 0 Å². The first-order valence-corrected chi connectivity index (χ1v) is 15.1. The number of benzene rings is 8. The topological polar surface area (TPSA) is 13.1 Å². The summed E-state index contributed by atoms with van der Waals surface area (Å²) in [7, 11) is 0. The molecule has 0 aliphatic carbocycles. The summed E-state index contributed by atoms with van der Waals surface area (Å²) in [6, 6.07) is 48.2. The molecule has 0 N–H and O–H groups in total. The second-order valence-electron chi connectivity index (χ2n) is 11.3. The summed E-state index contributed by atoms with van der Waals surface area (Å²) >= 11 is 0. The molecule has 1 nitrogen and oxygen atoms in total. The van der Waals surface area contributed by atoms with Gasteiger partial charge >= 0.3 is 0 Å². The smallest absolute Gasteiger partial charge is 0.136 e. The number of hydrogen-bond acceptors (Lipinski definition) is 1. The molecule has 210 valence electrons. The highest BCUT2D eigenvalue weighted by Gasteiger charge is 2.18. The van der Waals surface area contributed by atoms with Crippen LogP contribution < -0.4 is 0 Å². The van der Waals surface area contributed by atoms with Crippen LogP contribution in [0.5, 0.6) is 0 Å². The van der Waals surface area contributed by atoms with Crippen molar-refractivity contribution in [2.45, 2.75) is 0 Å². The van der Waals surface area contributed by atoms with Crippen LogP contribution in [-0.2, 0) is 0 Å². The lowest BCUT2D eigenvalue weighted by Crippen LogP contribution is -1.91. The van der Waals surface area contributed by atoms with Crippen LogP contribution in [0.3, 0.4) is 0 Å². The highest BCUT2D eigenvalue weighted by atomic mass is 16.3. The first-order valence-electron chi connectivity index (χ1n) is 17.1. The van der Waals surface area contributed by atoms with E-state index in [0.29, 0.717) is 22.3 Å². The predicted octanol–water partition coefficient (Wildman–Crippen LogP) is 12.6. The molecule has 0 bridgehead atoms. The summed E-state index contributed by atoms with van der Waals surface area (Å²) < 4.78 is 43.1. The largest absolute Gasteiger partial charge is 0.456 e. The van der Waals surface area contributed by atoms with Gasteiger partial charge in [0, 0.05) is 10.8 Å². The Morgan fingerprint density at radius 1 is 0.311 bits per heavy atom. The van der Waals surface area contributed by atoms with Gasteiger partial charge in [0.25, 0.3) is 0 Å². The third-order valence-corrected chi connectivity index (χ3v) is 8.74. The Kier molecular flexibility index (Phi) is 5.00. The summed E-state index contributed by atoms with van der Waals surface area (Å²) in [6.45, 7) is 0. The van der Waals surface area contributed by atoms with Crippen molar-refractivity contribution < 1.29 is 9.90 Å². The van der Waals surface area contributed by atoms with E-state index in [9.17, 15) is 2.74 Å². The van der Waals surface area contributed by atoms with Gasteiger partial charge < -0.3 is 4.42 Å². The van der Waals surface area contributed by atoms with Crippen LogP contribution in [-0.4, -0.2) is 0 Å². The van der Waals surface area contributed by atoms with Crippen molar-refractivity contribution in [3.8, 4) is 44.5 Å². The first-order chi connectivity index (χ1) is 24.0. The first kappa shape index (κ1) is 21.7. The molecule has 0 saturated carbocycles. The number of fused-ring (bicyclic) bond motifs is 5. The number of rotatable bonds is 4. The normalized spacial score (nSPS) is 12.8. The van der Waals surface area contributed by atoms with Gasteiger partial charge in [-0.1, -0.05) is 145 Å². The summed E-state index contributed by atoms with van der Waals surface area (Å²) in [6.07, 6.45) is 0. The fraction of sp³-hybridized carbons (Fsp3) is 0. The van der Waals surface area contributed by atoms with Crippen molar-refractivity contribution in [3.63, 3.8) is 0 Å². The van der Waals surface area contributed by atoms with E-state index in [1.165, 1.54) is 0 Å². The Morgan fingerprint density at radius 2 is 0.711 bits per heavy atom. The fourth-order valence-electron chi connectivity index (χ4n) is 6.64. The van der Waals surface area contributed by atoms with E-state index < -0.39 is 0 Å². The van der Waals surface area contributed by atoms with Gasteiger partial charge in [-0.25, -0.2) is 0 Å². The Morgan fingerprint density at radius 3 is 1.24 bits per heavy atom. The summed E-state index contributed by atoms with van der Waals surface area (Å²) in [5.41, 5.74) is 7.86. The summed E-state index contributed by atoms with van der Waals surface area (Å²) in [5.74, 6) is 0. The molecule has 8 aromatic carbocycles. The molecular weight excluding hydrogens is 544 g/mol. The maximum Gasteiger partial charge on any atom is 0.136 e. The average Bonchev–Trinajstić information content (AvgIpc) is 3.52.